The number of benzene rings is 1. The predicted octanol–water partition coefficient (Wildman–Crippen LogP) is 3.41. The largest absolute Gasteiger partial charge is 0.411 e. The van der Waals surface area contributed by atoms with Gasteiger partial charge in [-0.05, 0) is 25.3 Å². The van der Waals surface area contributed by atoms with Crippen molar-refractivity contribution in [3.05, 3.63) is 37.4 Å². The Balaban J connectivity index is 3.60. The van der Waals surface area contributed by atoms with E-state index in [0.717, 1.165) is 6.21 Å². The quantitative estimate of drug-likeness (QED) is 0.326. The van der Waals surface area contributed by atoms with Crippen LogP contribution < -0.4 is 5.32 Å². The Hall–Kier alpha value is -2.71. The van der Waals surface area contributed by atoms with Crippen molar-refractivity contribution >= 4 is 23.3 Å². The van der Waals surface area contributed by atoms with E-state index in [1.165, 1.54) is 13.0 Å². The van der Waals surface area contributed by atoms with Crippen molar-refractivity contribution < 1.29 is 15.1 Å². The summed E-state index contributed by atoms with van der Waals surface area (Å²) in [5.74, 6) is 0. The normalized spacial score (nSPS) is 11.1. The van der Waals surface area contributed by atoms with Crippen LogP contribution in [0.15, 0.2) is 11.2 Å². The molecular weight excluding hydrogens is 304 g/mol. The monoisotopic (exact) mass is 324 g/mol. The standard InChI is InChI=1S/C14H20N4O5/c1-4-11(5-2)16-13-12(17(20)21)8-10(6-7-15-19)9(3)14(13)18(22)23/h7-8,11,16,19H,4-6H2,1-3H3. The molecule has 0 atom stereocenters. The molecule has 0 radical (unpaired) electrons. The lowest BCUT2D eigenvalue weighted by molar-refractivity contribution is -0.392. The van der Waals surface area contributed by atoms with Crippen LogP contribution in [0.2, 0.25) is 0 Å². The maximum atomic E-state index is 11.5. The van der Waals surface area contributed by atoms with E-state index in [4.69, 9.17) is 5.21 Å². The molecule has 0 bridgehead atoms. The molecule has 0 aliphatic heterocycles. The second-order valence-electron chi connectivity index (χ2n) is 5.08. The number of rotatable bonds is 8. The highest BCUT2D eigenvalue weighted by molar-refractivity contribution is 5.79. The molecule has 0 fully saturated rings. The van der Waals surface area contributed by atoms with E-state index in [0.29, 0.717) is 24.0 Å². The minimum atomic E-state index is -0.642. The third-order valence-electron chi connectivity index (χ3n) is 3.75. The van der Waals surface area contributed by atoms with Crippen LogP contribution in [0.4, 0.5) is 17.1 Å². The number of hydrogen-bond acceptors (Lipinski definition) is 7. The smallest absolute Gasteiger partial charge is 0.302 e. The summed E-state index contributed by atoms with van der Waals surface area (Å²) in [7, 11) is 0. The lowest BCUT2D eigenvalue weighted by Crippen LogP contribution is -2.19. The SMILES string of the molecule is CCC(CC)Nc1c([N+](=O)[O-])cc(CC=NO)c(C)c1[N+](=O)[O-]. The van der Waals surface area contributed by atoms with Crippen molar-refractivity contribution in [3.63, 3.8) is 0 Å². The first-order valence-electron chi connectivity index (χ1n) is 7.24. The molecule has 0 saturated heterocycles. The van der Waals surface area contributed by atoms with E-state index < -0.39 is 9.85 Å². The second kappa shape index (κ2) is 8.06. The van der Waals surface area contributed by atoms with Gasteiger partial charge in [-0.25, -0.2) is 0 Å². The number of nitro benzene ring substituents is 2. The molecule has 1 aromatic carbocycles. The lowest BCUT2D eigenvalue weighted by atomic mass is 10.0. The van der Waals surface area contributed by atoms with Crippen LogP contribution in [0, 0.1) is 27.2 Å². The molecule has 1 aromatic rings. The first-order chi connectivity index (χ1) is 10.9. The summed E-state index contributed by atoms with van der Waals surface area (Å²) < 4.78 is 0. The summed E-state index contributed by atoms with van der Waals surface area (Å²) in [4.78, 5) is 21.6. The van der Waals surface area contributed by atoms with Gasteiger partial charge in [-0.15, -0.1) is 5.16 Å². The zero-order chi connectivity index (χ0) is 17.6. The Bertz CT molecular complexity index is 626. The number of oxime groups is 1. The molecule has 2 N–H and O–H groups in total. The van der Waals surface area contributed by atoms with Crippen molar-refractivity contribution in [2.45, 2.75) is 46.1 Å². The zero-order valence-electron chi connectivity index (χ0n) is 13.3. The summed E-state index contributed by atoms with van der Waals surface area (Å²) in [6, 6.07) is 1.19. The molecule has 0 unspecified atom stereocenters. The molecule has 0 aliphatic rings. The molecule has 9 heteroatoms. The van der Waals surface area contributed by atoms with Gasteiger partial charge in [0.15, 0.2) is 5.69 Å². The molecule has 23 heavy (non-hydrogen) atoms. The number of nitrogens with zero attached hydrogens (tertiary/aromatic N) is 3. The Kier molecular flexibility index (Phi) is 6.43. The fourth-order valence-corrected chi connectivity index (χ4v) is 2.37. The van der Waals surface area contributed by atoms with Gasteiger partial charge in [0.05, 0.1) is 9.85 Å². The molecule has 0 aromatic heterocycles. The number of anilines is 1. The second-order valence-corrected chi connectivity index (χ2v) is 5.08. The van der Waals surface area contributed by atoms with Crippen molar-refractivity contribution in [2.75, 3.05) is 5.32 Å². The van der Waals surface area contributed by atoms with Gasteiger partial charge in [0.2, 0.25) is 0 Å². The first kappa shape index (κ1) is 18.3. The van der Waals surface area contributed by atoms with Crippen molar-refractivity contribution in [3.8, 4) is 0 Å². The minimum Gasteiger partial charge on any atom is -0.411 e. The molecule has 1 rings (SSSR count). The van der Waals surface area contributed by atoms with Crippen LogP contribution in [0.1, 0.15) is 37.8 Å². The highest BCUT2D eigenvalue weighted by Crippen LogP contribution is 2.40. The van der Waals surface area contributed by atoms with Crippen LogP contribution in [0.25, 0.3) is 0 Å². The summed E-state index contributed by atoms with van der Waals surface area (Å²) in [6.07, 6.45) is 2.56. The summed E-state index contributed by atoms with van der Waals surface area (Å²) in [6.45, 7) is 5.33. The van der Waals surface area contributed by atoms with Gasteiger partial charge in [-0.3, -0.25) is 20.2 Å². The molecular formula is C14H20N4O5. The van der Waals surface area contributed by atoms with Gasteiger partial charge in [0, 0.05) is 30.3 Å². The average molecular weight is 324 g/mol. The van der Waals surface area contributed by atoms with E-state index >= 15 is 0 Å². The average Bonchev–Trinajstić information content (AvgIpc) is 2.50. The fraction of sp³-hybridized carbons (Fsp3) is 0.500. The van der Waals surface area contributed by atoms with E-state index in [1.807, 2.05) is 13.8 Å². The van der Waals surface area contributed by atoms with Gasteiger partial charge in [-0.2, -0.15) is 0 Å². The summed E-state index contributed by atoms with van der Waals surface area (Å²) >= 11 is 0. The maximum absolute atomic E-state index is 11.5. The molecule has 0 saturated carbocycles. The number of hydrogen-bond donors (Lipinski definition) is 2. The molecule has 0 amide bonds. The van der Waals surface area contributed by atoms with E-state index in [1.54, 1.807) is 0 Å². The van der Waals surface area contributed by atoms with Gasteiger partial charge < -0.3 is 10.5 Å². The molecule has 0 heterocycles. The van der Waals surface area contributed by atoms with Crippen LogP contribution in [0.3, 0.4) is 0 Å². The van der Waals surface area contributed by atoms with Gasteiger partial charge in [0.1, 0.15) is 0 Å². The molecule has 0 spiro atoms. The van der Waals surface area contributed by atoms with Crippen LogP contribution >= 0.6 is 0 Å². The molecule has 126 valence electrons. The first-order valence-corrected chi connectivity index (χ1v) is 7.24. The third-order valence-corrected chi connectivity index (χ3v) is 3.75. The Morgan fingerprint density at radius 2 is 1.91 bits per heavy atom. The maximum Gasteiger partial charge on any atom is 0.302 e. The van der Waals surface area contributed by atoms with Gasteiger partial charge >= 0.3 is 5.69 Å². The topological polar surface area (TPSA) is 131 Å². The van der Waals surface area contributed by atoms with Gasteiger partial charge in [-0.1, -0.05) is 13.8 Å². The van der Waals surface area contributed by atoms with Crippen molar-refractivity contribution in [2.24, 2.45) is 5.16 Å². The van der Waals surface area contributed by atoms with E-state index in [2.05, 4.69) is 10.5 Å². The predicted molar refractivity (Wildman–Crippen MR) is 86.5 cm³/mol. The zero-order valence-corrected chi connectivity index (χ0v) is 13.3. The number of nitro groups is 2. The highest BCUT2D eigenvalue weighted by atomic mass is 16.6. The van der Waals surface area contributed by atoms with Crippen LogP contribution in [-0.2, 0) is 6.42 Å². The Labute approximate surface area is 133 Å². The van der Waals surface area contributed by atoms with Crippen molar-refractivity contribution in [1.29, 1.82) is 0 Å². The highest BCUT2D eigenvalue weighted by Gasteiger charge is 2.31. The lowest BCUT2D eigenvalue weighted by Gasteiger charge is -2.18. The summed E-state index contributed by atoms with van der Waals surface area (Å²) in [5, 5.41) is 37.1. The third kappa shape index (κ3) is 4.15. The van der Waals surface area contributed by atoms with Crippen molar-refractivity contribution in [1.82, 2.24) is 0 Å². The van der Waals surface area contributed by atoms with E-state index in [-0.39, 0.29) is 29.5 Å². The molecule has 0 aliphatic carbocycles. The number of nitrogens with one attached hydrogen (secondary N) is 1. The Morgan fingerprint density at radius 1 is 1.30 bits per heavy atom. The molecule has 9 nitrogen and oxygen atoms in total. The van der Waals surface area contributed by atoms with Crippen LogP contribution in [-0.4, -0.2) is 27.3 Å². The van der Waals surface area contributed by atoms with E-state index in [9.17, 15) is 20.2 Å². The minimum absolute atomic E-state index is 0.0648. The summed E-state index contributed by atoms with van der Waals surface area (Å²) in [5.41, 5.74) is -0.0517. The Morgan fingerprint density at radius 3 is 2.35 bits per heavy atom. The van der Waals surface area contributed by atoms with Crippen LogP contribution in [0.5, 0.6) is 0 Å². The van der Waals surface area contributed by atoms with Gasteiger partial charge in [0.25, 0.3) is 5.69 Å². The fourth-order valence-electron chi connectivity index (χ4n) is 2.37.